The lowest BCUT2D eigenvalue weighted by molar-refractivity contribution is 0.122. The van der Waals surface area contributed by atoms with Gasteiger partial charge in [-0.15, -0.1) is 0 Å². The molecule has 0 bridgehead atoms. The monoisotopic (exact) mass is 1570 g/mol. The number of anilines is 5. The Labute approximate surface area is 655 Å². The van der Waals surface area contributed by atoms with Crippen LogP contribution in [0, 0.1) is 6.92 Å². The van der Waals surface area contributed by atoms with E-state index in [4.69, 9.17) is 70.6 Å². The smallest absolute Gasteiger partial charge is 0.159 e. The molecule has 4 aliphatic carbocycles. The highest BCUT2D eigenvalue weighted by Gasteiger charge is 2.27. The molecule has 33 heteroatoms. The van der Waals surface area contributed by atoms with E-state index in [0.717, 1.165) is 189 Å². The molecule has 5 fully saturated rings. The standard InChI is InChI=1S/C18H20ClN5O.C18H21N5.C17H18ClN5.C15H22N6O.8H2S/c1-25-15-7-11(6-12(19)8-15)16-10-18(22-14-3-2-13(20)9-14)24-17(23-16)4-5-21-24;1-12-3-2-4-13(9-12)16-11-18(21-15-6-5-14(19)10-15)23-17(22-16)7-8-20-23;18-12-3-1-2-11(8-12)15-10-17(21-14-5-4-13(19)9-14)23-16(22-15)6-7-20-23;16-11-1-2-12(9-11)18-15-10-14(20-5-7-22-8-6-20)19-13-3-4-17-21(13)15;;;;;;;;/h4-8,10,13-14,22H,2-3,9,20H2,1H3;2-4,7-9,11,14-15,21H,5-6,10,19H2,1H3;1-3,6-8,10,13-14,21H,4-5,9,19H2;3-4,10-12,18H,1-2,5-9,16H2;8*1H2/t13-,14-;14-,15-;13-,14-;11-,12-;;;;;;;;/m0000......../s1. The summed E-state index contributed by atoms with van der Waals surface area (Å²) in [7, 11) is 1.62. The number of rotatable bonds is 13. The van der Waals surface area contributed by atoms with E-state index in [1.807, 2.05) is 90.9 Å². The van der Waals surface area contributed by atoms with E-state index in [1.54, 1.807) is 38.0 Å². The molecule has 1 saturated heterocycles. The Balaban J connectivity index is 0.000000237. The SMILES string of the molecule is COc1cc(Cl)cc(-c2cc(N[C@H]3CC[C@H](N)C3)n3nccc3n2)c1.Cc1cccc(-c2cc(N[C@H]3CC[C@H](N)C3)n3nccc3n2)c1.N[C@H]1CC[C@H](Nc2cc(-c3cccc(Cl)c3)nc3ccnn23)C1.N[C@H]1CC[C@H](Nc2cc(N3CCOCC3)nc3ccnn23)C1.S.S.S.S.S.S.S.S. The second kappa shape index (κ2) is 39.8. The van der Waals surface area contributed by atoms with E-state index in [-0.39, 0.29) is 120 Å². The van der Waals surface area contributed by atoms with Crippen LogP contribution in [0.3, 0.4) is 0 Å². The number of methoxy groups -OCH3 is 1. The van der Waals surface area contributed by atoms with Gasteiger partial charge in [-0.05, 0) is 120 Å². The number of ether oxygens (including phenoxy) is 2. The Morgan fingerprint density at radius 1 is 0.416 bits per heavy atom. The third kappa shape index (κ3) is 21.6. The lowest BCUT2D eigenvalue weighted by atomic mass is 10.1. The van der Waals surface area contributed by atoms with Gasteiger partial charge < -0.3 is 58.6 Å². The molecule has 548 valence electrons. The molecule has 23 nitrogen and oxygen atoms in total. The first kappa shape index (κ1) is 85.8. The predicted octanol–water partition coefficient (Wildman–Crippen LogP) is 11.4. The maximum Gasteiger partial charge on any atom is 0.159 e. The molecule has 101 heavy (non-hydrogen) atoms. The van der Waals surface area contributed by atoms with Gasteiger partial charge in [0, 0.05) is 137 Å². The molecule has 8 aromatic heterocycles. The van der Waals surface area contributed by atoms with E-state index in [0.29, 0.717) is 52.0 Å². The van der Waals surface area contributed by atoms with Gasteiger partial charge in [0.05, 0.1) is 62.2 Å². The molecule has 1 aliphatic heterocycles. The van der Waals surface area contributed by atoms with Crippen molar-refractivity contribution in [3.63, 3.8) is 0 Å². The summed E-state index contributed by atoms with van der Waals surface area (Å²) in [5.41, 5.74) is 34.3. The third-order valence-electron chi connectivity index (χ3n) is 17.9. The molecule has 0 unspecified atom stereocenters. The Morgan fingerprint density at radius 3 is 1.16 bits per heavy atom. The fraction of sp³-hybridized carbons (Fsp3) is 0.382. The number of benzene rings is 3. The minimum Gasteiger partial charge on any atom is -0.497 e. The van der Waals surface area contributed by atoms with Crippen molar-refractivity contribution >= 4 is 183 Å². The van der Waals surface area contributed by atoms with E-state index >= 15 is 0 Å². The van der Waals surface area contributed by atoms with Crippen molar-refractivity contribution in [2.45, 2.75) is 132 Å². The fourth-order valence-electron chi connectivity index (χ4n) is 13.2. The van der Waals surface area contributed by atoms with Crippen molar-refractivity contribution < 1.29 is 9.47 Å². The summed E-state index contributed by atoms with van der Waals surface area (Å²) >= 11 is 12.3. The molecule has 0 amide bonds. The van der Waals surface area contributed by atoms with Crippen molar-refractivity contribution in [3.05, 3.63) is 156 Å². The van der Waals surface area contributed by atoms with Crippen LogP contribution in [-0.4, -0.2) is 140 Å². The summed E-state index contributed by atoms with van der Waals surface area (Å²) in [5, 5.41) is 33.2. The predicted molar refractivity (Wildman–Crippen MR) is 453 cm³/mol. The molecule has 12 N–H and O–H groups in total. The van der Waals surface area contributed by atoms with Crippen LogP contribution in [0.15, 0.2) is 140 Å². The van der Waals surface area contributed by atoms with Gasteiger partial charge in [0.1, 0.15) is 34.8 Å². The Kier molecular flexibility index (Phi) is 33.8. The first-order valence-corrected chi connectivity index (χ1v) is 33.0. The summed E-state index contributed by atoms with van der Waals surface area (Å²) in [5.74, 6) is 5.51. The maximum absolute atomic E-state index is 6.21. The molecule has 0 radical (unpaired) electrons. The first-order chi connectivity index (χ1) is 45.3. The number of nitrogens with two attached hydrogens (primary N) is 4. The fourth-order valence-corrected chi connectivity index (χ4v) is 13.6. The normalized spacial score (nSPS) is 20.1. The van der Waals surface area contributed by atoms with Crippen LogP contribution in [0.2, 0.25) is 10.0 Å². The van der Waals surface area contributed by atoms with Gasteiger partial charge in [0.25, 0.3) is 0 Å². The maximum atomic E-state index is 6.21. The Morgan fingerprint density at radius 2 is 0.782 bits per heavy atom. The van der Waals surface area contributed by atoms with E-state index in [1.165, 1.54) is 5.56 Å². The Bertz CT molecular complexity index is 4230. The highest BCUT2D eigenvalue weighted by molar-refractivity contribution is 7.60. The van der Waals surface area contributed by atoms with Crippen LogP contribution in [0.25, 0.3) is 56.4 Å². The van der Waals surface area contributed by atoms with Gasteiger partial charge in [-0.1, -0.05) is 59.1 Å². The van der Waals surface area contributed by atoms with Crippen molar-refractivity contribution in [1.82, 2.24) is 58.4 Å². The lowest BCUT2D eigenvalue weighted by Gasteiger charge is -2.28. The zero-order valence-corrected chi connectivity index (χ0v) is 65.9. The zero-order chi connectivity index (χ0) is 64.0. The number of morpholine rings is 1. The highest BCUT2D eigenvalue weighted by atomic mass is 35.5. The number of nitrogens with one attached hydrogen (secondary N) is 4. The summed E-state index contributed by atoms with van der Waals surface area (Å²) in [6.45, 7) is 5.37. The lowest BCUT2D eigenvalue weighted by Crippen LogP contribution is -2.37. The van der Waals surface area contributed by atoms with Gasteiger partial charge in [-0.2, -0.15) is 146 Å². The van der Waals surface area contributed by atoms with Crippen LogP contribution in [0.5, 0.6) is 5.75 Å². The molecule has 9 heterocycles. The summed E-state index contributed by atoms with van der Waals surface area (Å²) in [6.07, 6.45) is 19.7. The van der Waals surface area contributed by atoms with Crippen molar-refractivity contribution in [2.75, 3.05) is 59.6 Å². The van der Waals surface area contributed by atoms with Crippen LogP contribution in [0.4, 0.5) is 29.1 Å². The van der Waals surface area contributed by atoms with Gasteiger partial charge in [-0.25, -0.2) is 19.9 Å². The summed E-state index contributed by atoms with van der Waals surface area (Å²) in [6, 6.07) is 40.3. The number of hydrogen-bond donors (Lipinski definition) is 8. The Hall–Kier alpha value is -5.88. The third-order valence-corrected chi connectivity index (χ3v) is 18.4. The zero-order valence-electron chi connectivity index (χ0n) is 56.4. The number of nitrogens with zero attached hydrogens (tertiary/aromatic N) is 13. The van der Waals surface area contributed by atoms with E-state index in [2.05, 4.69) is 94.9 Å². The highest BCUT2D eigenvalue weighted by Crippen LogP contribution is 2.33. The molecule has 3 aromatic carbocycles. The average Bonchev–Trinajstić information content (AvgIpc) is 1.76. The molecule has 4 saturated carbocycles. The van der Waals surface area contributed by atoms with Gasteiger partial charge in [-0.3, -0.25) is 0 Å². The van der Waals surface area contributed by atoms with E-state index in [9.17, 15) is 0 Å². The van der Waals surface area contributed by atoms with E-state index < -0.39 is 0 Å². The largest absolute Gasteiger partial charge is 0.497 e. The molecule has 5 aliphatic rings. The van der Waals surface area contributed by atoms with Crippen molar-refractivity contribution in [3.8, 4) is 39.5 Å². The second-order valence-electron chi connectivity index (χ2n) is 25.0. The van der Waals surface area contributed by atoms with Crippen LogP contribution in [-0.2, 0) is 4.74 Å². The minimum atomic E-state index is 0. The summed E-state index contributed by atoms with van der Waals surface area (Å²) in [4.78, 5) is 21.1. The molecule has 16 rings (SSSR count). The van der Waals surface area contributed by atoms with Crippen LogP contribution in [0.1, 0.15) is 82.6 Å². The van der Waals surface area contributed by atoms with Gasteiger partial charge >= 0.3 is 0 Å². The number of fused-ring (bicyclic) bond motifs is 4. The molecular formula is C68H97Cl2N21O2S8. The second-order valence-corrected chi connectivity index (χ2v) is 25.9. The molecule has 11 aromatic rings. The van der Waals surface area contributed by atoms with Crippen molar-refractivity contribution in [2.24, 2.45) is 22.9 Å². The minimum absolute atomic E-state index is 0. The van der Waals surface area contributed by atoms with Gasteiger partial charge in [0.2, 0.25) is 0 Å². The quantitative estimate of drug-likeness (QED) is 0.0532. The average molecular weight is 1570 g/mol. The number of hydrogen-bond acceptors (Lipinski definition) is 19. The topological polar surface area (TPSA) is 295 Å². The number of aromatic nitrogens is 12. The summed E-state index contributed by atoms with van der Waals surface area (Å²) < 4.78 is 18.1. The van der Waals surface area contributed by atoms with Crippen molar-refractivity contribution in [1.29, 1.82) is 0 Å². The molecule has 0 spiro atoms. The molecule has 8 atom stereocenters. The van der Waals surface area contributed by atoms with Crippen LogP contribution >= 0.6 is 131 Å². The number of halogens is 2. The number of aryl methyl sites for hydroxylation is 1. The van der Waals surface area contributed by atoms with Gasteiger partial charge in [0.15, 0.2) is 22.6 Å². The molecular weight excluding hydrogens is 1470 g/mol. The first-order valence-electron chi connectivity index (χ1n) is 32.3. The van der Waals surface area contributed by atoms with Crippen LogP contribution < -0.4 is 53.8 Å².